The second-order valence-corrected chi connectivity index (χ2v) is 2.27. The van der Waals surface area contributed by atoms with E-state index >= 15 is 0 Å². The van der Waals surface area contributed by atoms with Gasteiger partial charge in [-0.1, -0.05) is 11.1 Å². The van der Waals surface area contributed by atoms with Gasteiger partial charge in [-0.15, -0.1) is 11.0 Å². The molecule has 0 aromatic carbocycles. The molecule has 4 heteroatoms. The highest BCUT2D eigenvalue weighted by atomic mass is 15.4. The number of hydrogen-bond acceptors (Lipinski definition) is 3. The third-order valence-corrected chi connectivity index (χ3v) is 1.38. The quantitative estimate of drug-likeness (QED) is 0.499. The Morgan fingerprint density at radius 1 is 1.58 bits per heavy atom. The van der Waals surface area contributed by atoms with Gasteiger partial charge in [-0.2, -0.15) is 0 Å². The van der Waals surface area contributed by atoms with Crippen LogP contribution in [0.1, 0.15) is 6.92 Å². The standard InChI is InChI=1S/C8H12N4/c1-2-3-4-9-5-7-12-8-6-10-11-12/h6,8-9H,4-5,7H2,1H3. The summed E-state index contributed by atoms with van der Waals surface area (Å²) in [7, 11) is 0. The van der Waals surface area contributed by atoms with Crippen LogP contribution in [0.15, 0.2) is 12.4 Å². The summed E-state index contributed by atoms with van der Waals surface area (Å²) < 4.78 is 1.78. The largest absolute Gasteiger partial charge is 0.304 e. The van der Waals surface area contributed by atoms with Crippen molar-refractivity contribution in [1.29, 1.82) is 0 Å². The molecule has 0 radical (unpaired) electrons. The highest BCUT2D eigenvalue weighted by Gasteiger charge is 1.88. The Morgan fingerprint density at radius 3 is 3.17 bits per heavy atom. The van der Waals surface area contributed by atoms with E-state index in [1.807, 2.05) is 13.1 Å². The summed E-state index contributed by atoms with van der Waals surface area (Å²) in [5.41, 5.74) is 0. The van der Waals surface area contributed by atoms with Gasteiger partial charge in [-0.3, -0.25) is 4.68 Å². The van der Waals surface area contributed by atoms with E-state index in [2.05, 4.69) is 27.5 Å². The van der Waals surface area contributed by atoms with Crippen LogP contribution in [0.3, 0.4) is 0 Å². The molecule has 1 aromatic rings. The maximum atomic E-state index is 3.82. The van der Waals surface area contributed by atoms with Crippen LogP contribution in [0, 0.1) is 11.8 Å². The first-order valence-electron chi connectivity index (χ1n) is 3.88. The molecule has 0 aliphatic rings. The third-order valence-electron chi connectivity index (χ3n) is 1.38. The van der Waals surface area contributed by atoms with E-state index in [0.29, 0.717) is 0 Å². The summed E-state index contributed by atoms with van der Waals surface area (Å²) >= 11 is 0. The van der Waals surface area contributed by atoms with Gasteiger partial charge < -0.3 is 5.32 Å². The maximum absolute atomic E-state index is 3.82. The zero-order valence-corrected chi connectivity index (χ0v) is 7.12. The lowest BCUT2D eigenvalue weighted by atomic mass is 10.5. The summed E-state index contributed by atoms with van der Waals surface area (Å²) in [6.07, 6.45) is 3.51. The van der Waals surface area contributed by atoms with Gasteiger partial charge in [-0.25, -0.2) is 0 Å². The molecule has 12 heavy (non-hydrogen) atoms. The van der Waals surface area contributed by atoms with Crippen LogP contribution in [-0.2, 0) is 6.54 Å². The predicted octanol–water partition coefficient (Wildman–Crippen LogP) is -0.109. The molecule has 1 aromatic heterocycles. The van der Waals surface area contributed by atoms with Gasteiger partial charge in [0, 0.05) is 12.7 Å². The Hall–Kier alpha value is -1.34. The maximum Gasteiger partial charge on any atom is 0.0692 e. The molecule has 1 rings (SSSR count). The van der Waals surface area contributed by atoms with Crippen molar-refractivity contribution < 1.29 is 0 Å². The third kappa shape index (κ3) is 3.17. The number of rotatable bonds is 4. The zero-order valence-electron chi connectivity index (χ0n) is 7.12. The average molecular weight is 164 g/mol. The van der Waals surface area contributed by atoms with Crippen LogP contribution in [0.2, 0.25) is 0 Å². The molecule has 1 heterocycles. The number of aromatic nitrogens is 3. The van der Waals surface area contributed by atoms with Crippen LogP contribution < -0.4 is 5.32 Å². The molecule has 0 saturated carbocycles. The van der Waals surface area contributed by atoms with Crippen LogP contribution in [-0.4, -0.2) is 28.1 Å². The van der Waals surface area contributed by atoms with Crippen molar-refractivity contribution in [2.24, 2.45) is 0 Å². The highest BCUT2D eigenvalue weighted by molar-refractivity contribution is 4.96. The molecular weight excluding hydrogens is 152 g/mol. The molecule has 1 N–H and O–H groups in total. The van der Waals surface area contributed by atoms with Gasteiger partial charge in [0.1, 0.15) is 0 Å². The van der Waals surface area contributed by atoms with Crippen LogP contribution in [0.4, 0.5) is 0 Å². The van der Waals surface area contributed by atoms with Crippen molar-refractivity contribution in [3.05, 3.63) is 12.4 Å². The minimum absolute atomic E-state index is 0.741. The molecule has 64 valence electrons. The van der Waals surface area contributed by atoms with E-state index < -0.39 is 0 Å². The molecule has 0 fully saturated rings. The molecule has 0 aliphatic carbocycles. The number of nitrogens with one attached hydrogen (secondary N) is 1. The first kappa shape index (κ1) is 8.75. The smallest absolute Gasteiger partial charge is 0.0692 e. The molecule has 0 unspecified atom stereocenters. The molecule has 0 spiro atoms. The van der Waals surface area contributed by atoms with Crippen molar-refractivity contribution in [2.75, 3.05) is 13.1 Å². The van der Waals surface area contributed by atoms with E-state index in [9.17, 15) is 0 Å². The topological polar surface area (TPSA) is 42.7 Å². The average Bonchev–Trinajstić information content (AvgIpc) is 2.57. The second kappa shape index (κ2) is 5.33. The molecule has 0 aliphatic heterocycles. The minimum Gasteiger partial charge on any atom is -0.304 e. The van der Waals surface area contributed by atoms with E-state index in [1.165, 1.54) is 0 Å². The molecular formula is C8H12N4. The Kier molecular flexibility index (Phi) is 3.89. The highest BCUT2D eigenvalue weighted by Crippen LogP contribution is 1.77. The van der Waals surface area contributed by atoms with Gasteiger partial charge in [0.05, 0.1) is 19.3 Å². The molecule has 0 amide bonds. The number of hydrogen-bond donors (Lipinski definition) is 1. The van der Waals surface area contributed by atoms with Gasteiger partial charge in [0.25, 0.3) is 0 Å². The normalized spacial score (nSPS) is 9.08. The minimum atomic E-state index is 0.741. The lowest BCUT2D eigenvalue weighted by Crippen LogP contribution is -2.20. The summed E-state index contributed by atoms with van der Waals surface area (Å²) in [5, 5.41) is 10.7. The second-order valence-electron chi connectivity index (χ2n) is 2.27. The number of nitrogens with zero attached hydrogens (tertiary/aromatic N) is 3. The zero-order chi connectivity index (χ0) is 8.65. The first-order valence-corrected chi connectivity index (χ1v) is 3.88. The Balaban J connectivity index is 2.06. The lowest BCUT2D eigenvalue weighted by molar-refractivity contribution is 0.557. The van der Waals surface area contributed by atoms with Gasteiger partial charge in [-0.05, 0) is 6.92 Å². The molecule has 0 bridgehead atoms. The van der Waals surface area contributed by atoms with Gasteiger partial charge in [0.2, 0.25) is 0 Å². The monoisotopic (exact) mass is 164 g/mol. The molecule has 0 atom stereocenters. The van der Waals surface area contributed by atoms with Crippen molar-refractivity contribution in [3.63, 3.8) is 0 Å². The van der Waals surface area contributed by atoms with E-state index in [4.69, 9.17) is 0 Å². The SMILES string of the molecule is CC#CCNCCn1ccnn1. The fourth-order valence-corrected chi connectivity index (χ4v) is 0.785. The summed E-state index contributed by atoms with van der Waals surface area (Å²) in [4.78, 5) is 0. The van der Waals surface area contributed by atoms with Crippen LogP contribution >= 0.6 is 0 Å². The van der Waals surface area contributed by atoms with Gasteiger partial charge in [0.15, 0.2) is 0 Å². The summed E-state index contributed by atoms with van der Waals surface area (Å²) in [6.45, 7) is 4.29. The van der Waals surface area contributed by atoms with Crippen molar-refractivity contribution in [2.45, 2.75) is 13.5 Å². The fourth-order valence-electron chi connectivity index (χ4n) is 0.785. The fraction of sp³-hybridized carbons (Fsp3) is 0.500. The van der Waals surface area contributed by atoms with Crippen LogP contribution in [0.5, 0.6) is 0 Å². The van der Waals surface area contributed by atoms with Crippen molar-refractivity contribution in [1.82, 2.24) is 20.3 Å². The van der Waals surface area contributed by atoms with Crippen molar-refractivity contribution >= 4 is 0 Å². The summed E-state index contributed by atoms with van der Waals surface area (Å²) in [6, 6.07) is 0. The van der Waals surface area contributed by atoms with Crippen LogP contribution in [0.25, 0.3) is 0 Å². The van der Waals surface area contributed by atoms with Crippen molar-refractivity contribution in [3.8, 4) is 11.8 Å². The first-order chi connectivity index (χ1) is 5.93. The molecule has 0 saturated heterocycles. The molecule has 4 nitrogen and oxygen atoms in total. The predicted molar refractivity (Wildman–Crippen MR) is 46.3 cm³/mol. The van der Waals surface area contributed by atoms with E-state index in [1.54, 1.807) is 10.9 Å². The summed E-state index contributed by atoms with van der Waals surface area (Å²) in [5.74, 6) is 5.74. The Labute approximate surface area is 72.0 Å². The van der Waals surface area contributed by atoms with E-state index in [-0.39, 0.29) is 0 Å². The van der Waals surface area contributed by atoms with Gasteiger partial charge >= 0.3 is 0 Å². The Morgan fingerprint density at radius 2 is 2.50 bits per heavy atom. The lowest BCUT2D eigenvalue weighted by Gasteiger charge is -1.99. The Bertz CT molecular complexity index is 254. The van der Waals surface area contributed by atoms with E-state index in [0.717, 1.165) is 19.6 Å².